The number of nitrogens with zero attached hydrogens (tertiary/aromatic N) is 3. The van der Waals surface area contributed by atoms with Gasteiger partial charge in [0.05, 0.1) is 29.2 Å². The molecule has 0 radical (unpaired) electrons. The van der Waals surface area contributed by atoms with E-state index in [0.29, 0.717) is 23.7 Å². The SMILES string of the molecule is CSC(C)(C)c1cc(NC(=O)NCc2ccccc2COc2cc(C)n(Cc3cccc(CNC(=O)CN)c3)c(=O)c2Cl)n(-c2cccc(O)c2)n1. The fraction of sp³-hybridized carbons (Fsp3) is 0.263. The molecule has 5 aromatic rings. The summed E-state index contributed by atoms with van der Waals surface area (Å²) in [5.74, 6) is 0.531. The zero-order chi connectivity index (χ0) is 37.4. The molecule has 0 spiro atoms. The maximum absolute atomic E-state index is 13.4. The topological polar surface area (TPSA) is 166 Å². The number of halogens is 1. The largest absolute Gasteiger partial charge is 0.508 e. The van der Waals surface area contributed by atoms with E-state index in [2.05, 4.69) is 16.0 Å². The molecule has 2 heterocycles. The molecule has 0 aliphatic rings. The molecule has 6 N–H and O–H groups in total. The Hall–Kier alpha value is -5.24. The molecule has 0 saturated carbocycles. The maximum atomic E-state index is 13.4. The van der Waals surface area contributed by atoms with Gasteiger partial charge in [-0.2, -0.15) is 16.9 Å². The first kappa shape index (κ1) is 38.0. The predicted molar refractivity (Wildman–Crippen MR) is 205 cm³/mol. The van der Waals surface area contributed by atoms with Gasteiger partial charge in [0.1, 0.15) is 28.9 Å². The predicted octanol–water partition coefficient (Wildman–Crippen LogP) is 5.82. The molecule has 0 unspecified atom stereocenters. The van der Waals surface area contributed by atoms with Gasteiger partial charge in [-0.05, 0) is 61.4 Å². The zero-order valence-electron chi connectivity index (χ0n) is 29.4. The van der Waals surface area contributed by atoms with Crippen LogP contribution >= 0.6 is 23.4 Å². The number of aryl methyl sites for hydroxylation is 1. The minimum atomic E-state index is -0.446. The molecular formula is C38H42ClN7O5S. The number of carbonyl (C=O) groups excluding carboxylic acids is 2. The number of urea groups is 1. The highest BCUT2D eigenvalue weighted by Gasteiger charge is 2.25. The van der Waals surface area contributed by atoms with Crippen LogP contribution in [0.15, 0.2) is 89.7 Å². The van der Waals surface area contributed by atoms with E-state index in [1.54, 1.807) is 51.3 Å². The van der Waals surface area contributed by atoms with Crippen LogP contribution in [0.3, 0.4) is 0 Å². The molecule has 0 atom stereocenters. The summed E-state index contributed by atoms with van der Waals surface area (Å²) in [6.45, 7) is 6.73. The Balaban J connectivity index is 1.25. The van der Waals surface area contributed by atoms with Crippen LogP contribution in [0.2, 0.25) is 5.02 Å². The molecule has 0 aliphatic carbocycles. The van der Waals surface area contributed by atoms with Crippen LogP contribution in [0.5, 0.6) is 11.5 Å². The maximum Gasteiger partial charge on any atom is 0.320 e. The number of amides is 3. The third kappa shape index (κ3) is 9.35. The summed E-state index contributed by atoms with van der Waals surface area (Å²) in [5.41, 5.74) is 10.4. The molecule has 0 fully saturated rings. The minimum absolute atomic E-state index is 0.0423. The van der Waals surface area contributed by atoms with E-state index in [1.807, 2.05) is 81.6 Å². The lowest BCUT2D eigenvalue weighted by Crippen LogP contribution is -2.29. The van der Waals surface area contributed by atoms with Crippen molar-refractivity contribution in [2.24, 2.45) is 5.73 Å². The van der Waals surface area contributed by atoms with Crippen molar-refractivity contribution < 1.29 is 19.4 Å². The van der Waals surface area contributed by atoms with Crippen molar-refractivity contribution in [3.05, 3.63) is 134 Å². The fourth-order valence-corrected chi connectivity index (χ4v) is 5.88. The van der Waals surface area contributed by atoms with Crippen LogP contribution in [-0.4, -0.2) is 44.2 Å². The average Bonchev–Trinajstić information content (AvgIpc) is 3.57. The van der Waals surface area contributed by atoms with Crippen molar-refractivity contribution >= 4 is 41.1 Å². The number of thioether (sulfide) groups is 1. The van der Waals surface area contributed by atoms with Gasteiger partial charge in [0.15, 0.2) is 0 Å². The lowest BCUT2D eigenvalue weighted by molar-refractivity contribution is -0.119. The smallest absolute Gasteiger partial charge is 0.320 e. The summed E-state index contributed by atoms with van der Waals surface area (Å²) < 4.78 is 8.92. The lowest BCUT2D eigenvalue weighted by Gasteiger charge is -2.18. The number of benzene rings is 3. The van der Waals surface area contributed by atoms with E-state index in [0.717, 1.165) is 27.9 Å². The molecule has 0 aliphatic heterocycles. The average molecular weight is 744 g/mol. The van der Waals surface area contributed by atoms with Gasteiger partial charge in [-0.15, -0.1) is 0 Å². The normalized spacial score (nSPS) is 11.3. The number of aromatic hydroxyl groups is 1. The van der Waals surface area contributed by atoms with Gasteiger partial charge < -0.3 is 30.8 Å². The number of carbonyl (C=O) groups is 2. The van der Waals surface area contributed by atoms with Crippen molar-refractivity contribution in [1.82, 2.24) is 25.0 Å². The molecule has 5 rings (SSSR count). The van der Waals surface area contributed by atoms with Crippen molar-refractivity contribution in [3.63, 3.8) is 0 Å². The first-order valence-corrected chi connectivity index (χ1v) is 18.1. The van der Waals surface area contributed by atoms with Crippen LogP contribution in [0.25, 0.3) is 5.69 Å². The highest BCUT2D eigenvalue weighted by molar-refractivity contribution is 7.99. The Morgan fingerprint density at radius 3 is 2.42 bits per heavy atom. The van der Waals surface area contributed by atoms with E-state index in [9.17, 15) is 19.5 Å². The van der Waals surface area contributed by atoms with Gasteiger partial charge in [0, 0.05) is 37.0 Å². The quantitative estimate of drug-likeness (QED) is 0.0949. The monoisotopic (exact) mass is 743 g/mol. The molecule has 52 heavy (non-hydrogen) atoms. The number of phenols is 1. The summed E-state index contributed by atoms with van der Waals surface area (Å²) in [5, 5.41) is 23.3. The van der Waals surface area contributed by atoms with Crippen molar-refractivity contribution in [1.29, 1.82) is 0 Å². The second-order valence-corrected chi connectivity index (χ2v) is 14.4. The number of rotatable bonds is 14. The molecule has 0 saturated heterocycles. The van der Waals surface area contributed by atoms with Crippen LogP contribution in [0.1, 0.15) is 47.5 Å². The number of ether oxygens (including phenoxy) is 1. The lowest BCUT2D eigenvalue weighted by atomic mass is 10.1. The second-order valence-electron chi connectivity index (χ2n) is 12.6. The van der Waals surface area contributed by atoms with Gasteiger partial charge >= 0.3 is 6.03 Å². The number of hydrogen-bond acceptors (Lipinski definition) is 8. The highest BCUT2D eigenvalue weighted by Crippen LogP contribution is 2.35. The van der Waals surface area contributed by atoms with E-state index in [4.69, 9.17) is 27.2 Å². The summed E-state index contributed by atoms with van der Waals surface area (Å²) in [6.07, 6.45) is 1.99. The van der Waals surface area contributed by atoms with Crippen LogP contribution in [-0.2, 0) is 35.8 Å². The molecule has 3 aromatic carbocycles. The van der Waals surface area contributed by atoms with Gasteiger partial charge in [-0.1, -0.05) is 66.2 Å². The summed E-state index contributed by atoms with van der Waals surface area (Å²) in [6, 6.07) is 24.8. The molecule has 14 heteroatoms. The minimum Gasteiger partial charge on any atom is -0.508 e. The molecule has 2 aromatic heterocycles. The van der Waals surface area contributed by atoms with Gasteiger partial charge in [0.2, 0.25) is 5.91 Å². The molecule has 12 nitrogen and oxygen atoms in total. The van der Waals surface area contributed by atoms with E-state index >= 15 is 0 Å². The number of nitrogens with one attached hydrogen (secondary N) is 3. The number of anilines is 1. The summed E-state index contributed by atoms with van der Waals surface area (Å²) in [4.78, 5) is 38.1. The first-order chi connectivity index (χ1) is 24.9. The van der Waals surface area contributed by atoms with Crippen molar-refractivity contribution in [3.8, 4) is 17.2 Å². The number of pyridine rings is 1. The second kappa shape index (κ2) is 16.9. The number of phenolic OH excluding ortho intramolecular Hbond substituents is 1. The molecule has 0 bridgehead atoms. The third-order valence-electron chi connectivity index (χ3n) is 8.52. The Labute approximate surface area is 311 Å². The number of nitrogens with two attached hydrogens (primary N) is 1. The fourth-order valence-electron chi connectivity index (χ4n) is 5.36. The standard InChI is InChI=1S/C38H42ClN7O5S/c1-24-15-31(35(39)36(49)45(24)22-26-10-7-9-25(16-26)20-41-34(48)19-40)51-23-28-12-6-5-11-27(28)21-42-37(50)43-33-18-32(38(2,3)52-4)44-46(33)29-13-8-14-30(47)17-29/h5-18,47H,19-23,40H2,1-4H3,(H,41,48)(H2,42,43,50). The van der Waals surface area contributed by atoms with Crippen molar-refractivity contribution in [2.45, 2.75) is 51.8 Å². The van der Waals surface area contributed by atoms with Crippen LogP contribution in [0.4, 0.5) is 10.6 Å². The number of hydrogen-bond donors (Lipinski definition) is 5. The Morgan fingerprint density at radius 1 is 0.962 bits per heavy atom. The Kier molecular flexibility index (Phi) is 12.3. The zero-order valence-corrected chi connectivity index (χ0v) is 31.0. The van der Waals surface area contributed by atoms with Crippen molar-refractivity contribution in [2.75, 3.05) is 18.1 Å². The molecular weight excluding hydrogens is 702 g/mol. The molecule has 272 valence electrons. The first-order valence-electron chi connectivity index (χ1n) is 16.5. The summed E-state index contributed by atoms with van der Waals surface area (Å²) in [7, 11) is 0. The third-order valence-corrected chi connectivity index (χ3v) is 10.1. The highest BCUT2D eigenvalue weighted by atomic mass is 35.5. The van der Waals surface area contributed by atoms with E-state index in [-0.39, 0.29) is 59.0 Å². The summed E-state index contributed by atoms with van der Waals surface area (Å²) >= 11 is 8.19. The number of aromatic nitrogens is 3. The van der Waals surface area contributed by atoms with Crippen LogP contribution in [0, 0.1) is 6.92 Å². The Bertz CT molecular complexity index is 2130. The van der Waals surface area contributed by atoms with Gasteiger partial charge in [-0.3, -0.25) is 14.9 Å². The Morgan fingerprint density at radius 2 is 1.69 bits per heavy atom. The van der Waals surface area contributed by atoms with Gasteiger partial charge in [-0.25, -0.2) is 9.48 Å². The van der Waals surface area contributed by atoms with Gasteiger partial charge in [0.25, 0.3) is 5.56 Å². The molecule has 3 amide bonds. The van der Waals surface area contributed by atoms with E-state index < -0.39 is 6.03 Å². The van der Waals surface area contributed by atoms with E-state index in [1.165, 1.54) is 0 Å². The van der Waals surface area contributed by atoms with Crippen LogP contribution < -0.4 is 32.0 Å².